The van der Waals surface area contributed by atoms with Crippen molar-refractivity contribution in [1.29, 1.82) is 0 Å². The molecule has 1 amide bonds. The number of para-hydroxylation sites is 2. The lowest BCUT2D eigenvalue weighted by atomic mass is 10.1. The van der Waals surface area contributed by atoms with E-state index in [0.717, 1.165) is 16.6 Å². The summed E-state index contributed by atoms with van der Waals surface area (Å²) in [6, 6.07) is 21.6. The highest BCUT2D eigenvalue weighted by atomic mass is 35.5. The average Bonchev–Trinajstić information content (AvgIpc) is 3.17. The highest BCUT2D eigenvalue weighted by molar-refractivity contribution is 7.99. The number of hydrazone groups is 1. The van der Waals surface area contributed by atoms with Gasteiger partial charge in [-0.25, -0.2) is 15.2 Å². The van der Waals surface area contributed by atoms with Crippen LogP contribution in [-0.4, -0.2) is 38.5 Å². The molecule has 33 heavy (non-hydrogen) atoms. The number of hydrogen-bond acceptors (Lipinski definition) is 5. The lowest BCUT2D eigenvalue weighted by Gasteiger charge is -2.10. The monoisotopic (exact) mass is 478 g/mol. The largest absolute Gasteiger partial charge is 0.478 e. The summed E-state index contributed by atoms with van der Waals surface area (Å²) in [5.74, 6) is -1.15. The number of hydrogen-bond donors (Lipinski definition) is 2. The van der Waals surface area contributed by atoms with Gasteiger partial charge in [-0.05, 0) is 41.5 Å². The molecule has 4 rings (SSSR count). The first kappa shape index (κ1) is 22.6. The molecule has 0 spiro atoms. The van der Waals surface area contributed by atoms with E-state index >= 15 is 0 Å². The first-order valence-electron chi connectivity index (χ1n) is 9.98. The first-order valence-corrected chi connectivity index (χ1v) is 11.3. The number of fused-ring (bicyclic) bond motifs is 1. The number of nitrogens with zero attached hydrogens (tertiary/aromatic N) is 3. The third-order valence-electron chi connectivity index (χ3n) is 4.80. The van der Waals surface area contributed by atoms with Crippen molar-refractivity contribution in [2.24, 2.45) is 5.10 Å². The number of benzene rings is 3. The van der Waals surface area contributed by atoms with Gasteiger partial charge in [0.15, 0.2) is 5.16 Å². The van der Waals surface area contributed by atoms with Gasteiger partial charge in [-0.15, -0.1) is 0 Å². The lowest BCUT2D eigenvalue weighted by molar-refractivity contribution is -0.118. The van der Waals surface area contributed by atoms with Gasteiger partial charge in [0.2, 0.25) is 0 Å². The van der Waals surface area contributed by atoms with Crippen molar-refractivity contribution in [3.05, 3.63) is 94.5 Å². The Kier molecular flexibility index (Phi) is 7.07. The van der Waals surface area contributed by atoms with E-state index in [1.807, 2.05) is 53.1 Å². The minimum Gasteiger partial charge on any atom is -0.478 e. The second-order valence-electron chi connectivity index (χ2n) is 7.07. The molecule has 0 aliphatic rings. The molecule has 7 nitrogen and oxygen atoms in total. The minimum atomic E-state index is -0.996. The Morgan fingerprint density at radius 3 is 2.55 bits per heavy atom. The molecule has 2 N–H and O–H groups in total. The smallest absolute Gasteiger partial charge is 0.335 e. The van der Waals surface area contributed by atoms with Crippen molar-refractivity contribution >= 4 is 52.5 Å². The van der Waals surface area contributed by atoms with Crippen LogP contribution in [0.4, 0.5) is 0 Å². The quantitative estimate of drug-likeness (QED) is 0.218. The summed E-state index contributed by atoms with van der Waals surface area (Å²) in [5, 5.41) is 14.3. The van der Waals surface area contributed by atoms with Gasteiger partial charge in [0.05, 0.1) is 35.1 Å². The van der Waals surface area contributed by atoms with E-state index < -0.39 is 5.97 Å². The van der Waals surface area contributed by atoms with E-state index in [2.05, 4.69) is 15.5 Å². The van der Waals surface area contributed by atoms with Crippen molar-refractivity contribution in [1.82, 2.24) is 15.0 Å². The summed E-state index contributed by atoms with van der Waals surface area (Å²) in [5.41, 5.74) is 6.12. The van der Waals surface area contributed by atoms with Crippen LogP contribution in [0.15, 0.2) is 83.1 Å². The van der Waals surface area contributed by atoms with Gasteiger partial charge in [-0.3, -0.25) is 4.79 Å². The number of nitrogens with one attached hydrogen (secondary N) is 1. The number of rotatable bonds is 8. The Morgan fingerprint density at radius 2 is 1.79 bits per heavy atom. The molecular formula is C24H19ClN4O3S. The van der Waals surface area contributed by atoms with Crippen molar-refractivity contribution in [2.45, 2.75) is 11.7 Å². The van der Waals surface area contributed by atoms with Crippen LogP contribution in [0.3, 0.4) is 0 Å². The lowest BCUT2D eigenvalue weighted by Crippen LogP contribution is -2.20. The number of carboxylic acid groups (broad SMARTS) is 1. The van der Waals surface area contributed by atoms with Gasteiger partial charge in [0.25, 0.3) is 5.91 Å². The molecule has 0 saturated carbocycles. The van der Waals surface area contributed by atoms with Crippen molar-refractivity contribution < 1.29 is 14.7 Å². The molecule has 0 aliphatic carbocycles. The highest BCUT2D eigenvalue weighted by Crippen LogP contribution is 2.27. The summed E-state index contributed by atoms with van der Waals surface area (Å²) in [4.78, 5) is 27.9. The van der Waals surface area contributed by atoms with Gasteiger partial charge in [-0.2, -0.15) is 5.10 Å². The second kappa shape index (κ2) is 10.3. The number of aromatic nitrogens is 2. The standard InChI is InChI=1S/C24H19ClN4O3S/c25-19-6-2-1-5-18(19)14-29-21-8-4-3-7-20(21)27-24(29)33-15-22(30)28-26-13-16-9-11-17(12-10-16)23(31)32/h1-13H,14-15H2,(H,28,30)(H,31,32)/b26-13+. The zero-order chi connectivity index (χ0) is 23.2. The molecule has 4 aromatic rings. The van der Waals surface area contributed by atoms with Crippen LogP contribution in [0.25, 0.3) is 11.0 Å². The molecule has 9 heteroatoms. The Labute approximate surface area is 199 Å². The summed E-state index contributed by atoms with van der Waals surface area (Å²) >= 11 is 7.67. The molecule has 1 aromatic heterocycles. The molecule has 1 heterocycles. The van der Waals surface area contributed by atoms with Crippen molar-refractivity contribution in [2.75, 3.05) is 5.75 Å². The number of aromatic carboxylic acids is 1. The van der Waals surface area contributed by atoms with Crippen LogP contribution < -0.4 is 5.43 Å². The van der Waals surface area contributed by atoms with Crippen LogP contribution in [0.5, 0.6) is 0 Å². The molecule has 166 valence electrons. The molecule has 0 atom stereocenters. The normalized spacial score (nSPS) is 11.2. The molecule has 0 fully saturated rings. The maximum absolute atomic E-state index is 12.3. The zero-order valence-electron chi connectivity index (χ0n) is 17.3. The van der Waals surface area contributed by atoms with Crippen molar-refractivity contribution in [3.8, 4) is 0 Å². The van der Waals surface area contributed by atoms with E-state index in [1.165, 1.54) is 30.1 Å². The molecular weight excluding hydrogens is 460 g/mol. The van der Waals surface area contributed by atoms with Gasteiger partial charge < -0.3 is 9.67 Å². The van der Waals surface area contributed by atoms with Gasteiger partial charge >= 0.3 is 5.97 Å². The Bertz CT molecular complexity index is 1340. The predicted molar refractivity (Wildman–Crippen MR) is 130 cm³/mol. The van der Waals surface area contributed by atoms with E-state index in [0.29, 0.717) is 22.3 Å². The average molecular weight is 479 g/mol. The number of amides is 1. The number of imidazole rings is 1. The molecule has 3 aromatic carbocycles. The van der Waals surface area contributed by atoms with Crippen LogP contribution in [-0.2, 0) is 11.3 Å². The van der Waals surface area contributed by atoms with Crippen LogP contribution in [0, 0.1) is 0 Å². The number of thioether (sulfide) groups is 1. The Hall–Kier alpha value is -3.62. The third kappa shape index (κ3) is 5.60. The molecule has 0 bridgehead atoms. The molecule has 0 unspecified atom stereocenters. The van der Waals surface area contributed by atoms with Crippen LogP contribution in [0.2, 0.25) is 5.02 Å². The Morgan fingerprint density at radius 1 is 1.06 bits per heavy atom. The maximum Gasteiger partial charge on any atom is 0.335 e. The third-order valence-corrected chi connectivity index (χ3v) is 6.14. The number of carbonyl (C=O) groups excluding carboxylic acids is 1. The van der Waals surface area contributed by atoms with Gasteiger partial charge in [-0.1, -0.05) is 65.8 Å². The highest BCUT2D eigenvalue weighted by Gasteiger charge is 2.14. The molecule has 0 aliphatic heterocycles. The van der Waals surface area contributed by atoms with E-state index in [9.17, 15) is 9.59 Å². The fourth-order valence-corrected chi connectivity index (χ4v) is 4.17. The summed E-state index contributed by atoms with van der Waals surface area (Å²) in [7, 11) is 0. The fraction of sp³-hybridized carbons (Fsp3) is 0.0833. The predicted octanol–water partition coefficient (Wildman–Crippen LogP) is 4.68. The topological polar surface area (TPSA) is 96.6 Å². The second-order valence-corrected chi connectivity index (χ2v) is 8.42. The Balaban J connectivity index is 1.43. The number of carbonyl (C=O) groups is 2. The van der Waals surface area contributed by atoms with Crippen LogP contribution >= 0.6 is 23.4 Å². The first-order chi connectivity index (χ1) is 16.0. The molecule has 0 radical (unpaired) electrons. The fourth-order valence-electron chi connectivity index (χ4n) is 3.17. The number of halogens is 1. The summed E-state index contributed by atoms with van der Waals surface area (Å²) in [6.07, 6.45) is 1.46. The van der Waals surface area contributed by atoms with E-state index in [-0.39, 0.29) is 17.2 Å². The van der Waals surface area contributed by atoms with E-state index in [4.69, 9.17) is 16.7 Å². The van der Waals surface area contributed by atoms with Gasteiger partial charge in [0.1, 0.15) is 0 Å². The number of carboxylic acids is 1. The summed E-state index contributed by atoms with van der Waals surface area (Å²) < 4.78 is 2.04. The SMILES string of the molecule is O=C(CSc1nc2ccccc2n1Cc1ccccc1Cl)N/N=C/c1ccc(C(=O)O)cc1. The van der Waals surface area contributed by atoms with Crippen molar-refractivity contribution in [3.63, 3.8) is 0 Å². The zero-order valence-corrected chi connectivity index (χ0v) is 18.9. The van der Waals surface area contributed by atoms with Crippen LogP contribution in [0.1, 0.15) is 21.5 Å². The summed E-state index contributed by atoms with van der Waals surface area (Å²) in [6.45, 7) is 0.536. The van der Waals surface area contributed by atoms with E-state index in [1.54, 1.807) is 12.1 Å². The molecule has 0 saturated heterocycles. The maximum atomic E-state index is 12.3. The van der Waals surface area contributed by atoms with Gasteiger partial charge in [0, 0.05) is 5.02 Å². The minimum absolute atomic E-state index is 0.126.